The van der Waals surface area contributed by atoms with E-state index in [0.29, 0.717) is 18.6 Å². The number of likely N-dealkylation sites (tertiary alicyclic amines) is 1. The van der Waals surface area contributed by atoms with Crippen LogP contribution in [0.25, 0.3) is 0 Å². The van der Waals surface area contributed by atoms with Gasteiger partial charge in [0.1, 0.15) is 17.4 Å². The van der Waals surface area contributed by atoms with Crippen LogP contribution in [0.4, 0.5) is 0 Å². The van der Waals surface area contributed by atoms with Gasteiger partial charge in [0.25, 0.3) is 0 Å². The number of likely N-dealkylation sites (N-methyl/N-ethyl adjacent to an activating group) is 1. The molecule has 1 spiro atoms. The highest BCUT2D eigenvalue weighted by atomic mass is 79.9. The highest BCUT2D eigenvalue weighted by Gasteiger charge is 2.76. The molecule has 2 aliphatic heterocycles. The molecule has 6 rings (SSSR count). The summed E-state index contributed by atoms with van der Waals surface area (Å²) < 4.78 is 6.91. The van der Waals surface area contributed by atoms with Crippen molar-refractivity contribution < 1.29 is 24.2 Å². The van der Waals surface area contributed by atoms with Crippen LogP contribution in [-0.4, -0.2) is 53.3 Å². The van der Waals surface area contributed by atoms with E-state index in [4.69, 9.17) is 4.74 Å². The fraction of sp³-hybridized carbons (Fsp3) is 0.667. The molecule has 27 heavy (non-hydrogen) atoms. The molecule has 3 fully saturated rings. The van der Waals surface area contributed by atoms with Gasteiger partial charge in [0.15, 0.2) is 11.9 Å². The Kier molecular flexibility index (Phi) is 3.51. The van der Waals surface area contributed by atoms with Crippen LogP contribution in [0.1, 0.15) is 43.2 Å². The summed E-state index contributed by atoms with van der Waals surface area (Å²) in [4.78, 5) is 12.8. The third-order valence-corrected chi connectivity index (χ3v) is 8.26. The summed E-state index contributed by atoms with van der Waals surface area (Å²) in [6.07, 6.45) is 4.26. The number of ketones is 1. The summed E-state index contributed by atoms with van der Waals surface area (Å²) in [6, 6.07) is 3.58. The summed E-state index contributed by atoms with van der Waals surface area (Å²) in [7, 11) is 2.29. The topological polar surface area (TPSA) is 69.6 Å². The molecule has 0 amide bonds. The van der Waals surface area contributed by atoms with Crippen LogP contribution in [0.2, 0.25) is 0 Å². The standard InChI is InChI=1S/C21H25NO4.BrH/c1-22(11-12-2-3-12)9-8-20-17-13-4-5-14(23)18(17)26-19(20)15(24)6-7-21(20,25)16(22)10-13;/h4-5,12,16,19,25H,2-3,6-11H2,1H3;1H/t16-,19+,20+,21-,22?;/m1./s1. The first-order valence-electron chi connectivity index (χ1n) is 9.98. The Morgan fingerprint density at radius 2 is 2.11 bits per heavy atom. The molecule has 5 nitrogen and oxygen atoms in total. The summed E-state index contributed by atoms with van der Waals surface area (Å²) in [5, 5.41) is 24.6. The summed E-state index contributed by atoms with van der Waals surface area (Å²) >= 11 is 0. The van der Waals surface area contributed by atoms with Crippen molar-refractivity contribution in [2.24, 2.45) is 5.92 Å². The lowest BCUT2D eigenvalue weighted by atomic mass is 9.48. The smallest absolute Gasteiger partial charge is 0.174 e. The lowest BCUT2D eigenvalue weighted by Gasteiger charge is -2.64. The van der Waals surface area contributed by atoms with Crippen LogP contribution in [0.5, 0.6) is 11.5 Å². The molecular weight excluding hydrogens is 410 g/mol. The van der Waals surface area contributed by atoms with Gasteiger partial charge in [0.2, 0.25) is 0 Å². The van der Waals surface area contributed by atoms with Gasteiger partial charge in [0.05, 0.1) is 25.6 Å². The van der Waals surface area contributed by atoms with Gasteiger partial charge in [-0.15, -0.1) is 17.0 Å². The summed E-state index contributed by atoms with van der Waals surface area (Å²) in [5.74, 6) is 1.02. The Bertz CT molecular complexity index is 855. The molecule has 146 valence electrons. The molecule has 2 saturated carbocycles. The lowest BCUT2D eigenvalue weighted by Crippen LogP contribution is -2.80. The van der Waals surface area contributed by atoms with Crippen molar-refractivity contribution >= 4 is 22.8 Å². The van der Waals surface area contributed by atoms with Crippen molar-refractivity contribution in [1.29, 1.82) is 0 Å². The molecular formula is C21H26BrNO4. The zero-order valence-electron chi connectivity index (χ0n) is 15.6. The molecule has 6 heteroatoms. The Morgan fingerprint density at radius 3 is 2.85 bits per heavy atom. The predicted octanol–water partition coefficient (Wildman–Crippen LogP) is 1.62. The lowest BCUT2D eigenvalue weighted by molar-refractivity contribution is -0.950. The Hall–Kier alpha value is -1.11. The van der Waals surface area contributed by atoms with Crippen LogP contribution >= 0.6 is 17.0 Å². The first kappa shape index (κ1) is 18.0. The highest BCUT2D eigenvalue weighted by molar-refractivity contribution is 8.93. The maximum absolute atomic E-state index is 12.8. The number of nitrogens with zero attached hydrogens (tertiary/aromatic N) is 1. The summed E-state index contributed by atoms with van der Waals surface area (Å²) in [6.45, 7) is 2.06. The molecule has 0 aromatic heterocycles. The maximum Gasteiger partial charge on any atom is 0.174 e. The van der Waals surface area contributed by atoms with E-state index in [1.807, 2.05) is 6.07 Å². The van der Waals surface area contributed by atoms with Crippen LogP contribution in [0.15, 0.2) is 12.1 Å². The van der Waals surface area contributed by atoms with Crippen LogP contribution < -0.4 is 9.84 Å². The second-order valence-electron chi connectivity index (χ2n) is 9.59. The number of carbonyl (C=O) groups excluding carboxylic acids is 1. The molecule has 2 bridgehead atoms. The number of quaternary nitrogens is 1. The van der Waals surface area contributed by atoms with E-state index in [-0.39, 0.29) is 34.6 Å². The van der Waals surface area contributed by atoms with Crippen molar-refractivity contribution in [2.75, 3.05) is 20.1 Å². The number of ether oxygens (including phenoxy) is 1. The number of hydrogen-bond donors (Lipinski definition) is 1. The fourth-order valence-electron chi connectivity index (χ4n) is 6.93. The number of benzene rings is 1. The van der Waals surface area contributed by atoms with Gasteiger partial charge in [-0.05, 0) is 24.8 Å². The van der Waals surface area contributed by atoms with E-state index in [1.165, 1.54) is 12.8 Å². The zero-order valence-corrected chi connectivity index (χ0v) is 17.3. The van der Waals surface area contributed by atoms with Crippen molar-refractivity contribution in [3.63, 3.8) is 0 Å². The maximum atomic E-state index is 12.8. The van der Waals surface area contributed by atoms with E-state index in [2.05, 4.69) is 7.05 Å². The number of halogens is 1. The number of hydrogen-bond acceptors (Lipinski definition) is 4. The molecule has 5 aliphatic rings. The number of aliphatic hydroxyl groups is 1. The van der Waals surface area contributed by atoms with E-state index >= 15 is 0 Å². The van der Waals surface area contributed by atoms with Crippen LogP contribution in [0, 0.1) is 5.92 Å². The van der Waals surface area contributed by atoms with Gasteiger partial charge in [-0.1, -0.05) is 17.9 Å². The number of carbonyl (C=O) groups is 1. The third kappa shape index (κ3) is 1.94. The average molecular weight is 436 g/mol. The normalized spacial score (nSPS) is 43.6. The Labute approximate surface area is 169 Å². The molecule has 0 radical (unpaired) electrons. The SMILES string of the molecule is Br.C[N+]1(CC2CC2)CC[C@]23c4c5ccc([O-])c4O[C@H]2C(=O)CC[C@@]3(O)[C@H]1C5. The number of rotatable bonds is 2. The second kappa shape index (κ2) is 5.28. The van der Waals surface area contributed by atoms with Gasteiger partial charge >= 0.3 is 0 Å². The van der Waals surface area contributed by atoms with Crippen molar-refractivity contribution in [3.8, 4) is 11.5 Å². The van der Waals surface area contributed by atoms with Crippen molar-refractivity contribution in [2.45, 2.75) is 61.7 Å². The molecule has 1 unspecified atom stereocenters. The first-order chi connectivity index (χ1) is 12.4. The van der Waals surface area contributed by atoms with E-state index in [1.54, 1.807) is 6.07 Å². The zero-order chi connectivity index (χ0) is 17.9. The minimum absolute atomic E-state index is 0. The quantitative estimate of drug-likeness (QED) is 0.716. The highest BCUT2D eigenvalue weighted by Crippen LogP contribution is 2.65. The van der Waals surface area contributed by atoms with Gasteiger partial charge in [-0.25, -0.2) is 0 Å². The van der Waals surface area contributed by atoms with Gasteiger partial charge in [0, 0.05) is 30.7 Å². The van der Waals surface area contributed by atoms with Crippen molar-refractivity contribution in [1.82, 2.24) is 0 Å². The average Bonchev–Trinajstić information content (AvgIpc) is 3.32. The molecule has 1 N–H and O–H groups in total. The minimum Gasteiger partial charge on any atom is -0.870 e. The Morgan fingerprint density at radius 1 is 1.33 bits per heavy atom. The number of Topliss-reactive ketones (excluding diaryl/α,β-unsaturated/α-hetero) is 1. The molecule has 2 heterocycles. The number of piperidine rings is 1. The molecule has 1 aromatic rings. The van der Waals surface area contributed by atoms with Crippen molar-refractivity contribution in [3.05, 3.63) is 23.3 Å². The van der Waals surface area contributed by atoms with Crippen LogP contribution in [0.3, 0.4) is 0 Å². The van der Waals surface area contributed by atoms with Gasteiger partial charge in [-0.3, -0.25) is 4.79 Å². The molecule has 3 aliphatic carbocycles. The van der Waals surface area contributed by atoms with Crippen LogP contribution in [-0.2, 0) is 16.6 Å². The molecule has 1 aromatic carbocycles. The Balaban J connectivity index is 0.00000160. The summed E-state index contributed by atoms with van der Waals surface area (Å²) in [5.41, 5.74) is 0.322. The molecule has 5 atom stereocenters. The largest absolute Gasteiger partial charge is 0.870 e. The monoisotopic (exact) mass is 435 g/mol. The third-order valence-electron chi connectivity index (χ3n) is 8.26. The second-order valence-corrected chi connectivity index (χ2v) is 9.59. The predicted molar refractivity (Wildman–Crippen MR) is 102 cm³/mol. The fourth-order valence-corrected chi connectivity index (χ4v) is 6.93. The van der Waals surface area contributed by atoms with Gasteiger partial charge < -0.3 is 19.4 Å². The van der Waals surface area contributed by atoms with E-state index in [0.717, 1.165) is 47.5 Å². The molecule has 1 saturated heterocycles. The first-order valence-corrected chi connectivity index (χ1v) is 9.98. The minimum atomic E-state index is -0.959. The van der Waals surface area contributed by atoms with Gasteiger partial charge in [-0.2, -0.15) is 0 Å². The van der Waals surface area contributed by atoms with E-state index in [9.17, 15) is 15.0 Å². The van der Waals surface area contributed by atoms with E-state index < -0.39 is 17.1 Å².